The summed E-state index contributed by atoms with van der Waals surface area (Å²) in [5.41, 5.74) is 9.99. The number of anilines is 2. The third kappa shape index (κ3) is 3.25. The van der Waals surface area contributed by atoms with E-state index in [0.29, 0.717) is 16.5 Å². The standard InChI is InChI=1S/C21H19N5O2S/c1-12-7-8-16-13(9-12)10-15-18(22)19(29-21(15)23-16)20(27)24-17-11-26(25-28-17)14-5-3-2-4-6-14/h2-6,10-12H,7-9H2,1H3,(H2-,22,24,25,27)/p+1. The SMILES string of the molecule is CC1CCc2nc3sc(C(=O)Nc4c[n+](-c5ccccc5)no4)c(N)c3cc2C1. The third-order valence-corrected chi connectivity index (χ3v) is 6.38. The molecule has 8 heteroatoms. The Morgan fingerprint density at radius 3 is 3.00 bits per heavy atom. The summed E-state index contributed by atoms with van der Waals surface area (Å²) in [6.45, 7) is 2.25. The maximum absolute atomic E-state index is 12.8. The maximum Gasteiger partial charge on any atom is 0.303 e. The normalized spacial score (nSPS) is 16.0. The molecular formula is C21H20N5O2S+. The van der Waals surface area contributed by atoms with Gasteiger partial charge < -0.3 is 5.73 Å². The van der Waals surface area contributed by atoms with Gasteiger partial charge in [0.15, 0.2) is 0 Å². The van der Waals surface area contributed by atoms with Crippen molar-refractivity contribution in [2.45, 2.75) is 26.2 Å². The molecule has 7 nitrogen and oxygen atoms in total. The molecule has 5 rings (SSSR count). The molecule has 0 fully saturated rings. The molecule has 1 amide bonds. The third-order valence-electron chi connectivity index (χ3n) is 5.26. The van der Waals surface area contributed by atoms with Crippen LogP contribution in [0.3, 0.4) is 0 Å². The van der Waals surface area contributed by atoms with Gasteiger partial charge in [-0.15, -0.1) is 11.3 Å². The number of fused-ring (bicyclic) bond motifs is 2. The van der Waals surface area contributed by atoms with E-state index in [1.807, 2.05) is 30.3 Å². The topological polar surface area (TPSA) is 97.9 Å². The summed E-state index contributed by atoms with van der Waals surface area (Å²) in [5, 5.41) is 7.54. The highest BCUT2D eigenvalue weighted by molar-refractivity contribution is 7.21. The van der Waals surface area contributed by atoms with E-state index in [1.54, 1.807) is 10.9 Å². The van der Waals surface area contributed by atoms with Crippen LogP contribution >= 0.6 is 11.3 Å². The fourth-order valence-electron chi connectivity index (χ4n) is 3.71. The molecule has 0 spiro atoms. The smallest absolute Gasteiger partial charge is 0.303 e. The van der Waals surface area contributed by atoms with Crippen LogP contribution in [0.15, 0.2) is 47.1 Å². The Bertz CT molecular complexity index is 1210. The molecule has 1 unspecified atom stereocenters. The van der Waals surface area contributed by atoms with Crippen LogP contribution in [0.2, 0.25) is 0 Å². The Morgan fingerprint density at radius 1 is 1.34 bits per heavy atom. The van der Waals surface area contributed by atoms with Gasteiger partial charge in [0.25, 0.3) is 12.1 Å². The predicted octanol–water partition coefficient (Wildman–Crippen LogP) is 3.52. The molecule has 1 atom stereocenters. The first-order chi connectivity index (χ1) is 14.1. The van der Waals surface area contributed by atoms with Crippen molar-refractivity contribution in [1.82, 2.24) is 10.3 Å². The number of nitrogens with zero attached hydrogens (tertiary/aromatic N) is 3. The highest BCUT2D eigenvalue weighted by Crippen LogP contribution is 2.36. The van der Waals surface area contributed by atoms with Crippen molar-refractivity contribution < 1.29 is 14.0 Å². The number of aryl methyl sites for hydroxylation is 1. The van der Waals surface area contributed by atoms with E-state index >= 15 is 0 Å². The molecule has 3 N–H and O–H groups in total. The molecule has 1 aromatic carbocycles. The number of nitrogens with one attached hydrogen (secondary N) is 1. The van der Waals surface area contributed by atoms with Gasteiger partial charge in [0.2, 0.25) is 11.0 Å². The van der Waals surface area contributed by atoms with Gasteiger partial charge in [-0.05, 0) is 41.5 Å². The van der Waals surface area contributed by atoms with Crippen molar-refractivity contribution in [3.63, 3.8) is 0 Å². The fraction of sp³-hybridized carbons (Fsp3) is 0.238. The zero-order chi connectivity index (χ0) is 20.0. The number of rotatable bonds is 3. The molecular weight excluding hydrogens is 386 g/mol. The quantitative estimate of drug-likeness (QED) is 0.507. The van der Waals surface area contributed by atoms with Gasteiger partial charge in [-0.2, -0.15) is 0 Å². The summed E-state index contributed by atoms with van der Waals surface area (Å²) >= 11 is 1.31. The lowest BCUT2D eigenvalue weighted by Gasteiger charge is -2.20. The van der Waals surface area contributed by atoms with Crippen molar-refractivity contribution in [1.29, 1.82) is 0 Å². The molecule has 3 aromatic heterocycles. The summed E-state index contributed by atoms with van der Waals surface area (Å²) in [7, 11) is 0. The van der Waals surface area contributed by atoms with E-state index in [4.69, 9.17) is 15.2 Å². The summed E-state index contributed by atoms with van der Waals surface area (Å²) in [5.74, 6) is 0.567. The number of nitrogens with two attached hydrogens (primary N) is 1. The molecule has 0 saturated heterocycles. The number of nitrogen functional groups attached to an aromatic ring is 1. The lowest BCUT2D eigenvalue weighted by atomic mass is 9.87. The fourth-order valence-corrected chi connectivity index (χ4v) is 4.71. The number of carbonyl (C=O) groups excluding carboxylic acids is 1. The molecule has 29 heavy (non-hydrogen) atoms. The van der Waals surface area contributed by atoms with Crippen LogP contribution < -0.4 is 15.7 Å². The van der Waals surface area contributed by atoms with Crippen LogP contribution in [0, 0.1) is 5.92 Å². The molecule has 4 aromatic rings. The average molecular weight is 406 g/mol. The summed E-state index contributed by atoms with van der Waals surface area (Å²) in [4.78, 5) is 18.8. The molecule has 0 saturated carbocycles. The van der Waals surface area contributed by atoms with Crippen molar-refractivity contribution in [2.75, 3.05) is 11.1 Å². The number of carbonyl (C=O) groups is 1. The Balaban J connectivity index is 1.43. The van der Waals surface area contributed by atoms with E-state index in [2.05, 4.69) is 23.6 Å². The van der Waals surface area contributed by atoms with E-state index < -0.39 is 0 Å². The van der Waals surface area contributed by atoms with E-state index in [9.17, 15) is 4.79 Å². The first-order valence-corrected chi connectivity index (χ1v) is 10.4. The maximum atomic E-state index is 12.8. The van der Waals surface area contributed by atoms with Gasteiger partial charge in [-0.3, -0.25) is 14.6 Å². The number of para-hydroxylation sites is 1. The van der Waals surface area contributed by atoms with Crippen molar-refractivity contribution >= 4 is 39.0 Å². The van der Waals surface area contributed by atoms with Crippen LogP contribution in [0.4, 0.5) is 11.6 Å². The first kappa shape index (κ1) is 17.8. The lowest BCUT2D eigenvalue weighted by molar-refractivity contribution is -0.670. The lowest BCUT2D eigenvalue weighted by Crippen LogP contribution is -2.31. The molecule has 1 aliphatic carbocycles. The van der Waals surface area contributed by atoms with Crippen LogP contribution in [0.5, 0.6) is 0 Å². The molecule has 146 valence electrons. The van der Waals surface area contributed by atoms with Crippen molar-refractivity contribution in [3.05, 3.63) is 58.7 Å². The first-order valence-electron chi connectivity index (χ1n) is 9.54. The Kier molecular flexibility index (Phi) is 4.28. The summed E-state index contributed by atoms with van der Waals surface area (Å²) in [6, 6.07) is 11.6. The van der Waals surface area contributed by atoms with Gasteiger partial charge in [0.1, 0.15) is 9.71 Å². The molecule has 1 aliphatic rings. The zero-order valence-corrected chi connectivity index (χ0v) is 16.7. The van der Waals surface area contributed by atoms with E-state index in [1.165, 1.54) is 16.9 Å². The second-order valence-electron chi connectivity index (χ2n) is 7.44. The predicted molar refractivity (Wildman–Crippen MR) is 111 cm³/mol. The Morgan fingerprint density at radius 2 is 2.17 bits per heavy atom. The minimum absolute atomic E-state index is 0.247. The van der Waals surface area contributed by atoms with Crippen molar-refractivity contribution in [3.8, 4) is 5.69 Å². The minimum atomic E-state index is -0.326. The zero-order valence-electron chi connectivity index (χ0n) is 15.9. The van der Waals surface area contributed by atoms with Crippen molar-refractivity contribution in [2.24, 2.45) is 5.92 Å². The van der Waals surface area contributed by atoms with Crippen LogP contribution in [0.25, 0.3) is 15.9 Å². The Hall–Kier alpha value is -3.26. The summed E-state index contributed by atoms with van der Waals surface area (Å²) in [6.07, 6.45) is 4.75. The van der Waals surface area contributed by atoms with Gasteiger partial charge in [0.05, 0.1) is 5.69 Å². The number of benzene rings is 1. The number of amides is 1. The van der Waals surface area contributed by atoms with Gasteiger partial charge in [-0.1, -0.05) is 25.1 Å². The highest BCUT2D eigenvalue weighted by Gasteiger charge is 2.24. The van der Waals surface area contributed by atoms with Crippen LogP contribution in [-0.4, -0.2) is 16.2 Å². The summed E-state index contributed by atoms with van der Waals surface area (Å²) < 4.78 is 6.80. The van der Waals surface area contributed by atoms with E-state index in [0.717, 1.165) is 40.9 Å². The highest BCUT2D eigenvalue weighted by atomic mass is 32.1. The monoisotopic (exact) mass is 406 g/mol. The number of hydrogen-bond acceptors (Lipinski definition) is 6. The van der Waals surface area contributed by atoms with Gasteiger partial charge >= 0.3 is 5.88 Å². The van der Waals surface area contributed by atoms with E-state index in [-0.39, 0.29) is 11.8 Å². The minimum Gasteiger partial charge on any atom is -0.397 e. The number of pyridine rings is 1. The Labute approximate surface area is 171 Å². The number of thiophene rings is 1. The van der Waals surface area contributed by atoms with Crippen LogP contribution in [0.1, 0.15) is 34.3 Å². The largest absolute Gasteiger partial charge is 0.397 e. The molecule has 0 aliphatic heterocycles. The van der Waals surface area contributed by atoms with Gasteiger partial charge in [0, 0.05) is 23.2 Å². The average Bonchev–Trinajstić information content (AvgIpc) is 3.32. The van der Waals surface area contributed by atoms with Gasteiger partial charge in [-0.25, -0.2) is 4.98 Å². The number of hydrogen-bond donors (Lipinski definition) is 2. The second kappa shape index (κ2) is 6.97. The van der Waals surface area contributed by atoms with Crippen LogP contribution in [-0.2, 0) is 12.8 Å². The molecule has 0 radical (unpaired) electrons. The second-order valence-corrected chi connectivity index (χ2v) is 8.44. The molecule has 0 bridgehead atoms. The number of aromatic nitrogens is 3. The molecule has 3 heterocycles.